The first-order chi connectivity index (χ1) is 9.13. The second kappa shape index (κ2) is 6.33. The fraction of sp³-hybridized carbons (Fsp3) is 0.733. The number of aryl methyl sites for hydroxylation is 1. The third-order valence-corrected chi connectivity index (χ3v) is 3.57. The summed E-state index contributed by atoms with van der Waals surface area (Å²) in [6.45, 7) is 11.2. The van der Waals surface area contributed by atoms with E-state index < -0.39 is 0 Å². The molecular formula is C15H25N3O. The van der Waals surface area contributed by atoms with Gasteiger partial charge >= 0.3 is 0 Å². The molecule has 0 bridgehead atoms. The van der Waals surface area contributed by atoms with Crippen LogP contribution in [0.3, 0.4) is 0 Å². The average Bonchev–Trinajstić information content (AvgIpc) is 2.88. The molecule has 1 aliphatic heterocycles. The smallest absolute Gasteiger partial charge is 0.136 e. The van der Waals surface area contributed by atoms with Crippen molar-refractivity contribution in [3.05, 3.63) is 17.1 Å². The Balaban J connectivity index is 2.34. The van der Waals surface area contributed by atoms with E-state index in [1.54, 1.807) is 0 Å². The minimum absolute atomic E-state index is 0.363. The maximum Gasteiger partial charge on any atom is 0.136 e. The van der Waals surface area contributed by atoms with Crippen LogP contribution < -0.4 is 5.32 Å². The van der Waals surface area contributed by atoms with Crippen LogP contribution in [0.1, 0.15) is 62.5 Å². The zero-order valence-corrected chi connectivity index (χ0v) is 12.5. The van der Waals surface area contributed by atoms with Crippen LogP contribution in [-0.4, -0.2) is 29.7 Å². The number of anilines is 1. The Hall–Kier alpha value is -1.16. The van der Waals surface area contributed by atoms with Crippen molar-refractivity contribution in [3.63, 3.8) is 0 Å². The first kappa shape index (κ1) is 14.3. The lowest BCUT2D eigenvalue weighted by Crippen LogP contribution is -2.14. The molecule has 2 rings (SSSR count). The predicted octanol–water partition coefficient (Wildman–Crippen LogP) is 3.23. The summed E-state index contributed by atoms with van der Waals surface area (Å²) >= 11 is 0. The van der Waals surface area contributed by atoms with Gasteiger partial charge in [0.2, 0.25) is 0 Å². The van der Waals surface area contributed by atoms with Crippen molar-refractivity contribution in [2.45, 2.75) is 52.4 Å². The maximum atomic E-state index is 5.45. The Bertz CT molecular complexity index is 426. The summed E-state index contributed by atoms with van der Waals surface area (Å²) in [5, 5.41) is 3.46. The minimum Gasteiger partial charge on any atom is -0.381 e. The van der Waals surface area contributed by atoms with E-state index in [0.717, 1.165) is 49.9 Å². The largest absolute Gasteiger partial charge is 0.381 e. The van der Waals surface area contributed by atoms with E-state index in [1.807, 2.05) is 0 Å². The molecule has 1 fully saturated rings. The van der Waals surface area contributed by atoms with E-state index in [4.69, 9.17) is 14.7 Å². The Morgan fingerprint density at radius 3 is 2.74 bits per heavy atom. The molecule has 4 heteroatoms. The number of ether oxygens (including phenoxy) is 1. The Morgan fingerprint density at radius 2 is 2.16 bits per heavy atom. The van der Waals surface area contributed by atoms with Crippen molar-refractivity contribution in [1.29, 1.82) is 0 Å². The van der Waals surface area contributed by atoms with Crippen LogP contribution in [0.2, 0.25) is 0 Å². The molecule has 106 valence electrons. The molecule has 19 heavy (non-hydrogen) atoms. The van der Waals surface area contributed by atoms with Crippen LogP contribution in [0.25, 0.3) is 0 Å². The lowest BCUT2D eigenvalue weighted by molar-refractivity contribution is 0.193. The lowest BCUT2D eigenvalue weighted by atomic mass is 10.0. The van der Waals surface area contributed by atoms with Gasteiger partial charge in [-0.2, -0.15) is 0 Å². The van der Waals surface area contributed by atoms with Crippen molar-refractivity contribution in [3.8, 4) is 0 Å². The first-order valence-corrected chi connectivity index (χ1v) is 7.33. The highest BCUT2D eigenvalue weighted by Crippen LogP contribution is 2.29. The number of nitrogens with zero attached hydrogens (tertiary/aromatic N) is 2. The molecule has 1 N–H and O–H groups in total. The van der Waals surface area contributed by atoms with Crippen LogP contribution in [0.15, 0.2) is 0 Å². The van der Waals surface area contributed by atoms with Gasteiger partial charge in [-0.15, -0.1) is 0 Å². The van der Waals surface area contributed by atoms with Crippen LogP contribution in [-0.2, 0) is 4.74 Å². The van der Waals surface area contributed by atoms with Crippen molar-refractivity contribution < 1.29 is 4.74 Å². The summed E-state index contributed by atoms with van der Waals surface area (Å²) in [5.74, 6) is 2.76. The van der Waals surface area contributed by atoms with Crippen LogP contribution >= 0.6 is 0 Å². The van der Waals surface area contributed by atoms with Gasteiger partial charge in [-0.25, -0.2) is 9.97 Å². The van der Waals surface area contributed by atoms with Gasteiger partial charge in [-0.1, -0.05) is 20.8 Å². The number of rotatable bonds is 5. The fourth-order valence-electron chi connectivity index (χ4n) is 2.59. The zero-order chi connectivity index (χ0) is 13.8. The Morgan fingerprint density at radius 1 is 1.37 bits per heavy atom. The molecule has 4 nitrogen and oxygen atoms in total. The fourth-order valence-corrected chi connectivity index (χ4v) is 2.59. The molecule has 0 aromatic carbocycles. The summed E-state index contributed by atoms with van der Waals surface area (Å²) in [7, 11) is 0. The molecule has 0 amide bonds. The van der Waals surface area contributed by atoms with Crippen molar-refractivity contribution >= 4 is 5.82 Å². The predicted molar refractivity (Wildman–Crippen MR) is 77.8 cm³/mol. The van der Waals surface area contributed by atoms with Crippen molar-refractivity contribution in [2.24, 2.45) is 0 Å². The van der Waals surface area contributed by atoms with E-state index in [1.165, 1.54) is 5.56 Å². The van der Waals surface area contributed by atoms with Gasteiger partial charge in [0.25, 0.3) is 0 Å². The monoisotopic (exact) mass is 263 g/mol. The van der Waals surface area contributed by atoms with Gasteiger partial charge in [0.15, 0.2) is 0 Å². The second-order valence-electron chi connectivity index (χ2n) is 5.57. The molecule has 0 aliphatic carbocycles. The first-order valence-electron chi connectivity index (χ1n) is 7.33. The van der Waals surface area contributed by atoms with Crippen LogP contribution in [0.4, 0.5) is 5.82 Å². The van der Waals surface area contributed by atoms with Gasteiger partial charge in [-0.05, 0) is 25.7 Å². The molecule has 0 saturated carbocycles. The standard InChI is InChI=1S/C15H25N3O/c1-5-7-16-15-13(10(2)3)11(4)17-14(18-15)12-6-8-19-9-12/h10,12H,5-9H2,1-4H3,(H,16,17,18). The molecule has 1 aliphatic rings. The van der Waals surface area contributed by atoms with E-state index in [9.17, 15) is 0 Å². The summed E-state index contributed by atoms with van der Waals surface area (Å²) < 4.78 is 5.45. The van der Waals surface area contributed by atoms with Crippen LogP contribution in [0, 0.1) is 6.92 Å². The molecule has 1 atom stereocenters. The number of hydrogen-bond donors (Lipinski definition) is 1. The normalized spacial score (nSPS) is 19.1. The van der Waals surface area contributed by atoms with E-state index in [0.29, 0.717) is 11.8 Å². The molecule has 1 aromatic heterocycles. The Kier molecular flexibility index (Phi) is 4.75. The van der Waals surface area contributed by atoms with Gasteiger partial charge < -0.3 is 10.1 Å². The summed E-state index contributed by atoms with van der Waals surface area (Å²) in [4.78, 5) is 9.49. The molecule has 1 aromatic rings. The average molecular weight is 263 g/mol. The highest BCUT2D eigenvalue weighted by Gasteiger charge is 2.23. The summed E-state index contributed by atoms with van der Waals surface area (Å²) in [6.07, 6.45) is 2.14. The molecule has 2 heterocycles. The highest BCUT2D eigenvalue weighted by atomic mass is 16.5. The summed E-state index contributed by atoms with van der Waals surface area (Å²) in [5.41, 5.74) is 2.35. The van der Waals surface area contributed by atoms with E-state index >= 15 is 0 Å². The zero-order valence-electron chi connectivity index (χ0n) is 12.5. The van der Waals surface area contributed by atoms with Gasteiger partial charge in [0.1, 0.15) is 11.6 Å². The quantitative estimate of drug-likeness (QED) is 0.886. The number of hydrogen-bond acceptors (Lipinski definition) is 4. The van der Waals surface area contributed by atoms with Gasteiger partial charge in [-0.3, -0.25) is 0 Å². The second-order valence-corrected chi connectivity index (χ2v) is 5.57. The minimum atomic E-state index is 0.363. The van der Waals surface area contributed by atoms with E-state index in [-0.39, 0.29) is 0 Å². The topological polar surface area (TPSA) is 47.0 Å². The van der Waals surface area contributed by atoms with Gasteiger partial charge in [0.05, 0.1) is 6.61 Å². The molecule has 0 spiro atoms. The van der Waals surface area contributed by atoms with Gasteiger partial charge in [0, 0.05) is 30.3 Å². The van der Waals surface area contributed by atoms with Crippen molar-refractivity contribution in [1.82, 2.24) is 9.97 Å². The lowest BCUT2D eigenvalue weighted by Gasteiger charge is -2.18. The van der Waals surface area contributed by atoms with Crippen LogP contribution in [0.5, 0.6) is 0 Å². The summed E-state index contributed by atoms with van der Waals surface area (Å²) in [6, 6.07) is 0. The molecular weight excluding hydrogens is 238 g/mol. The third-order valence-electron chi connectivity index (χ3n) is 3.57. The third kappa shape index (κ3) is 3.24. The molecule has 1 unspecified atom stereocenters. The highest BCUT2D eigenvalue weighted by molar-refractivity contribution is 5.48. The van der Waals surface area contributed by atoms with Crippen molar-refractivity contribution in [2.75, 3.05) is 25.1 Å². The molecule has 0 radical (unpaired) electrons. The Labute approximate surface area is 116 Å². The SMILES string of the molecule is CCCNc1nc(C2CCOC2)nc(C)c1C(C)C. The number of nitrogens with one attached hydrogen (secondary N) is 1. The number of aromatic nitrogens is 2. The maximum absolute atomic E-state index is 5.45. The van der Waals surface area contributed by atoms with E-state index in [2.05, 4.69) is 33.0 Å². The molecule has 1 saturated heterocycles.